The molecule has 2 heteroatoms. The molecule has 0 atom stereocenters. The highest BCUT2D eigenvalue weighted by atomic mass is 15.2. The average Bonchev–Trinajstić information content (AvgIpc) is 2.71. The van der Waals surface area contributed by atoms with Crippen molar-refractivity contribution in [3.05, 3.63) is 23.2 Å². The van der Waals surface area contributed by atoms with Gasteiger partial charge in [-0.2, -0.15) is 0 Å². The molecular weight excluding hydrogens is 148 g/mol. The van der Waals surface area contributed by atoms with Gasteiger partial charge in [0.25, 0.3) is 0 Å². The molecule has 0 saturated carbocycles. The molecule has 0 aromatic carbocycles. The number of rotatable bonds is 0. The van der Waals surface area contributed by atoms with Gasteiger partial charge in [-0.05, 0) is 37.3 Å². The van der Waals surface area contributed by atoms with Crippen LogP contribution in [0.5, 0.6) is 0 Å². The van der Waals surface area contributed by atoms with Crippen LogP contribution >= 0.6 is 0 Å². The number of allylic oxidation sites excluding steroid dienone is 2. The topological polar surface area (TPSA) is 15.6 Å². The van der Waals surface area contributed by atoms with Crippen molar-refractivity contribution in [2.24, 2.45) is 4.99 Å². The molecule has 2 nitrogen and oxygen atoms in total. The SMILES string of the molecule is C1=NC2=CCCN2C2=C1CCC2. The van der Waals surface area contributed by atoms with Crippen LogP contribution in [-0.2, 0) is 0 Å². The summed E-state index contributed by atoms with van der Waals surface area (Å²) >= 11 is 0. The third kappa shape index (κ3) is 0.724. The lowest BCUT2D eigenvalue weighted by Crippen LogP contribution is -2.21. The molecule has 3 rings (SSSR count). The second-order valence-corrected chi connectivity index (χ2v) is 3.59. The smallest absolute Gasteiger partial charge is 0.128 e. The molecule has 12 heavy (non-hydrogen) atoms. The average molecular weight is 160 g/mol. The van der Waals surface area contributed by atoms with Crippen molar-refractivity contribution in [2.45, 2.75) is 25.7 Å². The second-order valence-electron chi connectivity index (χ2n) is 3.59. The van der Waals surface area contributed by atoms with Gasteiger partial charge in [-0.1, -0.05) is 0 Å². The largest absolute Gasteiger partial charge is 0.330 e. The van der Waals surface area contributed by atoms with E-state index < -0.39 is 0 Å². The first-order valence-electron chi connectivity index (χ1n) is 4.69. The number of fused-ring (bicyclic) bond motifs is 2. The molecule has 0 amide bonds. The fourth-order valence-electron chi connectivity index (χ4n) is 2.29. The first-order valence-corrected chi connectivity index (χ1v) is 4.69. The minimum atomic E-state index is 1.16. The Morgan fingerprint density at radius 3 is 3.33 bits per heavy atom. The molecule has 0 spiro atoms. The van der Waals surface area contributed by atoms with Gasteiger partial charge in [-0.3, -0.25) is 0 Å². The fourth-order valence-corrected chi connectivity index (χ4v) is 2.29. The molecule has 0 bridgehead atoms. The molecule has 0 aromatic heterocycles. The van der Waals surface area contributed by atoms with Crippen LogP contribution in [-0.4, -0.2) is 17.7 Å². The van der Waals surface area contributed by atoms with Crippen molar-refractivity contribution in [1.82, 2.24) is 4.90 Å². The van der Waals surface area contributed by atoms with Gasteiger partial charge in [0.1, 0.15) is 5.82 Å². The monoisotopic (exact) mass is 160 g/mol. The van der Waals surface area contributed by atoms with E-state index in [0.717, 1.165) is 6.54 Å². The predicted octanol–water partition coefficient (Wildman–Crippen LogP) is 2.06. The third-order valence-electron chi connectivity index (χ3n) is 2.87. The number of nitrogens with zero attached hydrogens (tertiary/aromatic N) is 2. The fraction of sp³-hybridized carbons (Fsp3) is 0.500. The molecule has 3 aliphatic rings. The maximum Gasteiger partial charge on any atom is 0.128 e. The van der Waals surface area contributed by atoms with Gasteiger partial charge in [0, 0.05) is 18.5 Å². The minimum absolute atomic E-state index is 1.16. The van der Waals surface area contributed by atoms with E-state index in [9.17, 15) is 0 Å². The third-order valence-corrected chi connectivity index (χ3v) is 2.87. The Labute approximate surface area is 72.3 Å². The highest BCUT2D eigenvalue weighted by molar-refractivity contribution is 5.82. The Morgan fingerprint density at radius 2 is 2.33 bits per heavy atom. The van der Waals surface area contributed by atoms with Gasteiger partial charge in [-0.25, -0.2) is 4.99 Å². The molecule has 0 aromatic rings. The summed E-state index contributed by atoms with van der Waals surface area (Å²) in [5.74, 6) is 1.19. The lowest BCUT2D eigenvalue weighted by molar-refractivity contribution is 0.446. The Bertz CT molecular complexity index is 310. The van der Waals surface area contributed by atoms with Crippen molar-refractivity contribution < 1.29 is 0 Å². The summed E-state index contributed by atoms with van der Waals surface area (Å²) in [6, 6.07) is 0. The van der Waals surface area contributed by atoms with Gasteiger partial charge in [0.05, 0.1) is 0 Å². The van der Waals surface area contributed by atoms with E-state index in [-0.39, 0.29) is 0 Å². The zero-order chi connectivity index (χ0) is 7.97. The van der Waals surface area contributed by atoms with Crippen molar-refractivity contribution in [2.75, 3.05) is 6.54 Å². The summed E-state index contributed by atoms with van der Waals surface area (Å²) in [7, 11) is 0. The summed E-state index contributed by atoms with van der Waals surface area (Å²) in [6.45, 7) is 1.16. The first-order chi connectivity index (χ1) is 5.95. The van der Waals surface area contributed by atoms with Crippen LogP contribution in [0.1, 0.15) is 25.7 Å². The normalized spacial score (nSPS) is 26.0. The van der Waals surface area contributed by atoms with Crippen molar-refractivity contribution in [3.63, 3.8) is 0 Å². The molecule has 2 heterocycles. The second kappa shape index (κ2) is 2.22. The van der Waals surface area contributed by atoms with Gasteiger partial charge in [0.2, 0.25) is 0 Å². The maximum atomic E-state index is 4.44. The zero-order valence-electron chi connectivity index (χ0n) is 7.08. The van der Waals surface area contributed by atoms with Crippen molar-refractivity contribution in [3.8, 4) is 0 Å². The Kier molecular flexibility index (Phi) is 1.20. The predicted molar refractivity (Wildman–Crippen MR) is 48.8 cm³/mol. The summed E-state index contributed by atoms with van der Waals surface area (Å²) in [5, 5.41) is 0. The number of hydrogen-bond donors (Lipinski definition) is 0. The Hall–Kier alpha value is -1.05. The summed E-state index contributed by atoms with van der Waals surface area (Å²) in [6.07, 6.45) is 9.29. The first kappa shape index (κ1) is 6.46. The molecule has 0 unspecified atom stereocenters. The van der Waals surface area contributed by atoms with Gasteiger partial charge >= 0.3 is 0 Å². The van der Waals surface area contributed by atoms with E-state index in [2.05, 4.69) is 22.2 Å². The van der Waals surface area contributed by atoms with Gasteiger partial charge in [-0.15, -0.1) is 0 Å². The lowest BCUT2D eigenvalue weighted by Gasteiger charge is -2.24. The van der Waals surface area contributed by atoms with Crippen molar-refractivity contribution in [1.29, 1.82) is 0 Å². The quantitative estimate of drug-likeness (QED) is 0.529. The van der Waals surface area contributed by atoms with Crippen molar-refractivity contribution >= 4 is 6.21 Å². The Balaban J connectivity index is 2.06. The molecule has 0 fully saturated rings. The summed E-state index contributed by atoms with van der Waals surface area (Å²) in [4.78, 5) is 6.83. The zero-order valence-corrected chi connectivity index (χ0v) is 7.08. The van der Waals surface area contributed by atoms with Crippen LogP contribution in [0.15, 0.2) is 28.2 Å². The Morgan fingerprint density at radius 1 is 1.33 bits per heavy atom. The van der Waals surface area contributed by atoms with Gasteiger partial charge < -0.3 is 4.90 Å². The van der Waals surface area contributed by atoms with Crippen LogP contribution in [0.25, 0.3) is 0 Å². The molecule has 62 valence electrons. The van der Waals surface area contributed by atoms with E-state index in [4.69, 9.17) is 0 Å². The number of hydrogen-bond acceptors (Lipinski definition) is 2. The minimum Gasteiger partial charge on any atom is -0.330 e. The lowest BCUT2D eigenvalue weighted by atomic mass is 10.2. The van der Waals surface area contributed by atoms with Crippen LogP contribution < -0.4 is 0 Å². The van der Waals surface area contributed by atoms with E-state index in [1.54, 1.807) is 5.70 Å². The van der Waals surface area contributed by atoms with Gasteiger partial charge in [0.15, 0.2) is 0 Å². The van der Waals surface area contributed by atoms with E-state index in [0.29, 0.717) is 0 Å². The van der Waals surface area contributed by atoms with Crippen LogP contribution in [0.3, 0.4) is 0 Å². The summed E-state index contributed by atoms with van der Waals surface area (Å²) < 4.78 is 0. The molecule has 1 aliphatic carbocycles. The molecule has 0 N–H and O–H groups in total. The molecule has 0 radical (unpaired) electrons. The molecular formula is C10H12N2. The van der Waals surface area contributed by atoms with E-state index in [1.165, 1.54) is 37.1 Å². The number of aliphatic imine (C=N–C) groups is 1. The van der Waals surface area contributed by atoms with E-state index in [1.807, 2.05) is 0 Å². The van der Waals surface area contributed by atoms with E-state index >= 15 is 0 Å². The maximum absolute atomic E-state index is 4.44. The van der Waals surface area contributed by atoms with Crippen LogP contribution in [0, 0.1) is 0 Å². The molecule has 2 aliphatic heterocycles. The highest BCUT2D eigenvalue weighted by Crippen LogP contribution is 2.35. The van der Waals surface area contributed by atoms with Crippen LogP contribution in [0.4, 0.5) is 0 Å². The standard InChI is InChI=1S/C10H12N2/c1-3-8-7-11-10-5-2-6-12(10)9(8)4-1/h5,7H,1-4,6H2. The summed E-state index contributed by atoms with van der Waals surface area (Å²) in [5.41, 5.74) is 3.03. The highest BCUT2D eigenvalue weighted by Gasteiger charge is 2.26. The molecule has 0 saturated heterocycles. The van der Waals surface area contributed by atoms with Crippen LogP contribution in [0.2, 0.25) is 0 Å².